The molecule has 0 saturated carbocycles. The van der Waals surface area contributed by atoms with Crippen molar-refractivity contribution in [2.45, 2.75) is 18.2 Å². The van der Waals surface area contributed by atoms with Crippen molar-refractivity contribution in [2.24, 2.45) is 0 Å². The van der Waals surface area contributed by atoms with Crippen molar-refractivity contribution >= 4 is 52.4 Å². The van der Waals surface area contributed by atoms with Gasteiger partial charge < -0.3 is 10.2 Å². The Morgan fingerprint density at radius 3 is 2.03 bits per heavy atom. The Balaban J connectivity index is 2.49. The third-order valence-electron chi connectivity index (χ3n) is 3.88. The molecule has 0 aromatic heterocycles. The number of Topliss-reactive ketones (excluding diaryl/α,β-unsaturated/α-hetero) is 1. The van der Waals surface area contributed by atoms with Crippen molar-refractivity contribution in [1.82, 2.24) is 0 Å². The predicted octanol–water partition coefficient (Wildman–Crippen LogP) is 5.90. The molecule has 156 valence electrons. The number of rotatable bonds is 5. The molecule has 0 spiro atoms. The van der Waals surface area contributed by atoms with Crippen LogP contribution in [0, 0.1) is 5.82 Å². The van der Waals surface area contributed by atoms with E-state index in [1.807, 2.05) is 5.32 Å². The SMILES string of the molecule is O=C(O)Nc1cc(C(=O)CC(O)(c2cc(Cl)c(F)c(Cl)c2)C(F)(F)F)ccc1Cl. The van der Waals surface area contributed by atoms with Crippen LogP contribution < -0.4 is 5.32 Å². The number of anilines is 1. The molecular formula is C17H10Cl3F4NO4. The van der Waals surface area contributed by atoms with Gasteiger partial charge in [0.25, 0.3) is 0 Å². The molecule has 2 aromatic rings. The fourth-order valence-electron chi connectivity index (χ4n) is 2.40. The van der Waals surface area contributed by atoms with Crippen LogP contribution in [0.15, 0.2) is 30.3 Å². The summed E-state index contributed by atoms with van der Waals surface area (Å²) in [5, 5.41) is 19.3. The number of halogens is 7. The van der Waals surface area contributed by atoms with Gasteiger partial charge in [-0.25, -0.2) is 9.18 Å². The fraction of sp³-hybridized carbons (Fsp3) is 0.176. The first-order valence-electron chi connectivity index (χ1n) is 7.53. The molecule has 2 aromatic carbocycles. The Labute approximate surface area is 175 Å². The molecule has 3 N–H and O–H groups in total. The van der Waals surface area contributed by atoms with E-state index in [1.165, 1.54) is 0 Å². The Bertz CT molecular complexity index is 961. The highest BCUT2D eigenvalue weighted by molar-refractivity contribution is 6.35. The maximum absolute atomic E-state index is 13.7. The highest BCUT2D eigenvalue weighted by atomic mass is 35.5. The summed E-state index contributed by atoms with van der Waals surface area (Å²) in [6.07, 6.45) is -8.39. The Hall–Kier alpha value is -2.07. The maximum atomic E-state index is 13.7. The average Bonchev–Trinajstić information content (AvgIpc) is 2.59. The van der Waals surface area contributed by atoms with Crippen LogP contribution in [0.5, 0.6) is 0 Å². The van der Waals surface area contributed by atoms with Crippen molar-refractivity contribution in [3.63, 3.8) is 0 Å². The van der Waals surface area contributed by atoms with Crippen LogP contribution in [-0.2, 0) is 5.60 Å². The molecule has 0 heterocycles. The second kappa shape index (κ2) is 8.35. The molecular weight excluding hydrogens is 465 g/mol. The smallest absolute Gasteiger partial charge is 0.421 e. The van der Waals surface area contributed by atoms with Crippen molar-refractivity contribution in [3.8, 4) is 0 Å². The number of aliphatic hydroxyl groups is 1. The van der Waals surface area contributed by atoms with Gasteiger partial charge in [0.05, 0.1) is 27.2 Å². The lowest BCUT2D eigenvalue weighted by Gasteiger charge is -2.31. The lowest BCUT2D eigenvalue weighted by atomic mass is 9.86. The van der Waals surface area contributed by atoms with Gasteiger partial charge in [-0.15, -0.1) is 0 Å². The first kappa shape index (κ1) is 23.2. The second-order valence-corrected chi connectivity index (χ2v) is 7.06. The number of hydrogen-bond donors (Lipinski definition) is 3. The monoisotopic (exact) mass is 473 g/mol. The van der Waals surface area contributed by atoms with Crippen molar-refractivity contribution < 1.29 is 37.4 Å². The number of carbonyl (C=O) groups is 2. The molecule has 0 bridgehead atoms. The van der Waals surface area contributed by atoms with E-state index in [1.54, 1.807) is 0 Å². The highest BCUT2D eigenvalue weighted by Gasteiger charge is 2.56. The fourth-order valence-corrected chi connectivity index (χ4v) is 3.06. The Morgan fingerprint density at radius 2 is 1.55 bits per heavy atom. The lowest BCUT2D eigenvalue weighted by Crippen LogP contribution is -2.44. The number of alkyl halides is 3. The van der Waals surface area contributed by atoms with Crippen LogP contribution in [0.2, 0.25) is 15.1 Å². The maximum Gasteiger partial charge on any atom is 0.421 e. The molecule has 2 rings (SSSR count). The van der Waals surface area contributed by atoms with Gasteiger partial charge in [-0.3, -0.25) is 10.1 Å². The molecule has 0 aliphatic heterocycles. The van der Waals surface area contributed by atoms with Crippen molar-refractivity contribution in [2.75, 3.05) is 5.32 Å². The number of hydrogen-bond acceptors (Lipinski definition) is 3. The molecule has 1 atom stereocenters. The van der Waals surface area contributed by atoms with Crippen LogP contribution in [0.3, 0.4) is 0 Å². The van der Waals surface area contributed by atoms with E-state index < -0.39 is 51.5 Å². The summed E-state index contributed by atoms with van der Waals surface area (Å²) in [7, 11) is 0. The van der Waals surface area contributed by atoms with E-state index in [0.29, 0.717) is 12.1 Å². The standard InChI is InChI=1S/C17H10Cl3F4NO4/c18-9-2-1-7(3-12(9)25-15(27)28)13(26)6-16(29,17(22,23)24)8-4-10(19)14(21)11(20)5-8/h1-5,25,29H,6H2,(H,27,28). The largest absolute Gasteiger partial charge is 0.465 e. The van der Waals surface area contributed by atoms with Gasteiger partial charge in [-0.2, -0.15) is 13.2 Å². The summed E-state index contributed by atoms with van der Waals surface area (Å²) < 4.78 is 54.5. The molecule has 5 nitrogen and oxygen atoms in total. The number of amides is 1. The summed E-state index contributed by atoms with van der Waals surface area (Å²) in [4.78, 5) is 23.2. The van der Waals surface area contributed by atoms with Crippen LogP contribution in [0.4, 0.5) is 28.0 Å². The zero-order chi connectivity index (χ0) is 22.1. The predicted molar refractivity (Wildman–Crippen MR) is 98.4 cm³/mol. The summed E-state index contributed by atoms with van der Waals surface area (Å²) in [5.41, 5.74) is -5.29. The van der Waals surface area contributed by atoms with Gasteiger partial charge in [0.15, 0.2) is 17.2 Å². The highest BCUT2D eigenvalue weighted by Crippen LogP contribution is 2.44. The molecule has 0 fully saturated rings. The number of benzene rings is 2. The number of carboxylic acid groups (broad SMARTS) is 1. The molecule has 0 saturated heterocycles. The Kier molecular flexibility index (Phi) is 6.68. The topological polar surface area (TPSA) is 86.6 Å². The molecule has 0 aliphatic rings. The van der Waals surface area contributed by atoms with Gasteiger partial charge >= 0.3 is 12.3 Å². The third-order valence-corrected chi connectivity index (χ3v) is 4.76. The number of ketones is 1. The third kappa shape index (κ3) is 4.92. The van der Waals surface area contributed by atoms with E-state index >= 15 is 0 Å². The minimum absolute atomic E-state index is 0.105. The van der Waals surface area contributed by atoms with Crippen LogP contribution in [0.1, 0.15) is 22.3 Å². The van der Waals surface area contributed by atoms with Crippen LogP contribution in [-0.4, -0.2) is 28.3 Å². The second-order valence-electron chi connectivity index (χ2n) is 5.84. The van der Waals surface area contributed by atoms with Crippen molar-refractivity contribution in [3.05, 3.63) is 62.3 Å². The molecule has 12 heteroatoms. The average molecular weight is 475 g/mol. The van der Waals surface area contributed by atoms with E-state index in [-0.39, 0.29) is 16.3 Å². The number of nitrogens with one attached hydrogen (secondary N) is 1. The van der Waals surface area contributed by atoms with Gasteiger partial charge in [-0.05, 0) is 35.9 Å². The summed E-state index contributed by atoms with van der Waals surface area (Å²) in [6.45, 7) is 0. The van der Waals surface area contributed by atoms with Gasteiger partial charge in [-0.1, -0.05) is 34.8 Å². The lowest BCUT2D eigenvalue weighted by molar-refractivity contribution is -0.264. The van der Waals surface area contributed by atoms with E-state index in [9.17, 15) is 32.3 Å². The molecule has 0 radical (unpaired) electrons. The normalized spacial score (nSPS) is 13.7. The van der Waals surface area contributed by atoms with Crippen LogP contribution >= 0.6 is 34.8 Å². The van der Waals surface area contributed by atoms with Crippen LogP contribution in [0.25, 0.3) is 0 Å². The summed E-state index contributed by atoms with van der Waals surface area (Å²) in [6, 6.07) is 4.10. The quantitative estimate of drug-likeness (QED) is 0.286. The zero-order valence-corrected chi connectivity index (χ0v) is 16.2. The van der Waals surface area contributed by atoms with Gasteiger partial charge in [0, 0.05) is 5.56 Å². The van der Waals surface area contributed by atoms with Gasteiger partial charge in [0.1, 0.15) is 0 Å². The molecule has 1 unspecified atom stereocenters. The molecule has 0 aliphatic carbocycles. The van der Waals surface area contributed by atoms with E-state index in [2.05, 4.69) is 0 Å². The van der Waals surface area contributed by atoms with E-state index in [0.717, 1.165) is 18.2 Å². The summed E-state index contributed by atoms with van der Waals surface area (Å²) in [5.74, 6) is -2.39. The minimum Gasteiger partial charge on any atom is -0.465 e. The first-order valence-corrected chi connectivity index (χ1v) is 8.66. The van der Waals surface area contributed by atoms with Crippen molar-refractivity contribution in [1.29, 1.82) is 0 Å². The molecule has 1 amide bonds. The summed E-state index contributed by atoms with van der Waals surface area (Å²) >= 11 is 16.8. The zero-order valence-electron chi connectivity index (χ0n) is 14.0. The first-order chi connectivity index (χ1) is 13.3. The number of carbonyl (C=O) groups excluding carboxylic acids is 1. The molecule has 29 heavy (non-hydrogen) atoms. The Morgan fingerprint density at radius 1 is 1.00 bits per heavy atom. The van der Waals surface area contributed by atoms with Gasteiger partial charge in [0.2, 0.25) is 0 Å². The minimum atomic E-state index is -5.36. The van der Waals surface area contributed by atoms with E-state index in [4.69, 9.17) is 39.9 Å².